The lowest BCUT2D eigenvalue weighted by Crippen LogP contribution is -2.12. The van der Waals surface area contributed by atoms with Crippen molar-refractivity contribution in [2.45, 2.75) is 26.9 Å². The predicted molar refractivity (Wildman–Crippen MR) is 82.7 cm³/mol. The van der Waals surface area contributed by atoms with Crippen LogP contribution in [-0.4, -0.2) is 29.3 Å². The number of ether oxygens (including phenoxy) is 2. The molecule has 0 saturated carbocycles. The summed E-state index contributed by atoms with van der Waals surface area (Å²) >= 11 is 0. The van der Waals surface area contributed by atoms with Gasteiger partial charge in [0.05, 0.1) is 19.5 Å². The lowest BCUT2D eigenvalue weighted by molar-refractivity contribution is 0.266. The molecule has 0 fully saturated rings. The Morgan fingerprint density at radius 2 is 2.10 bits per heavy atom. The molecule has 0 aliphatic rings. The van der Waals surface area contributed by atoms with Crippen LogP contribution in [0, 0.1) is 0 Å². The van der Waals surface area contributed by atoms with Crippen molar-refractivity contribution in [2.75, 3.05) is 19.8 Å². The van der Waals surface area contributed by atoms with Gasteiger partial charge in [-0.25, -0.2) is 4.98 Å². The van der Waals surface area contributed by atoms with Crippen LogP contribution in [0.25, 0.3) is 0 Å². The molecule has 21 heavy (non-hydrogen) atoms. The van der Waals surface area contributed by atoms with Gasteiger partial charge in [0.25, 0.3) is 0 Å². The van der Waals surface area contributed by atoms with Gasteiger partial charge in [0.1, 0.15) is 6.61 Å². The molecular formula is C16H23N3O2. The van der Waals surface area contributed by atoms with Gasteiger partial charge in [-0.05, 0) is 31.2 Å². The Kier molecular flexibility index (Phi) is 6.09. The molecule has 0 radical (unpaired) electrons. The van der Waals surface area contributed by atoms with Crippen molar-refractivity contribution in [3.63, 3.8) is 0 Å². The summed E-state index contributed by atoms with van der Waals surface area (Å²) in [6.45, 7) is 7.85. The highest BCUT2D eigenvalue weighted by atomic mass is 16.5. The fraction of sp³-hybridized carbons (Fsp3) is 0.438. The lowest BCUT2D eigenvalue weighted by Gasteiger charge is -2.14. The van der Waals surface area contributed by atoms with Crippen LogP contribution >= 0.6 is 0 Å². The summed E-state index contributed by atoms with van der Waals surface area (Å²) in [6.07, 6.45) is 5.47. The maximum Gasteiger partial charge on any atom is 0.161 e. The first-order chi connectivity index (χ1) is 10.3. The number of benzene rings is 1. The zero-order valence-corrected chi connectivity index (χ0v) is 12.7. The molecule has 0 atom stereocenters. The van der Waals surface area contributed by atoms with Gasteiger partial charge in [0, 0.05) is 18.9 Å². The first-order valence-corrected chi connectivity index (χ1v) is 7.38. The number of aromatic nitrogens is 2. The van der Waals surface area contributed by atoms with E-state index in [1.165, 1.54) is 5.56 Å². The first-order valence-electron chi connectivity index (χ1n) is 7.38. The van der Waals surface area contributed by atoms with Gasteiger partial charge in [-0.3, -0.25) is 0 Å². The first kappa shape index (κ1) is 15.4. The molecule has 1 aromatic carbocycles. The zero-order valence-electron chi connectivity index (χ0n) is 12.7. The monoisotopic (exact) mass is 289 g/mol. The van der Waals surface area contributed by atoms with E-state index in [1.54, 1.807) is 12.5 Å². The molecule has 5 nitrogen and oxygen atoms in total. The van der Waals surface area contributed by atoms with E-state index in [-0.39, 0.29) is 0 Å². The second-order valence-electron chi connectivity index (χ2n) is 4.64. The second kappa shape index (κ2) is 8.32. The van der Waals surface area contributed by atoms with Crippen molar-refractivity contribution in [1.29, 1.82) is 0 Å². The summed E-state index contributed by atoms with van der Waals surface area (Å²) in [6, 6.07) is 6.09. The normalized spacial score (nSPS) is 10.6. The smallest absolute Gasteiger partial charge is 0.161 e. The zero-order chi connectivity index (χ0) is 14.9. The highest BCUT2D eigenvalue weighted by Gasteiger charge is 2.06. The highest BCUT2D eigenvalue weighted by molar-refractivity contribution is 5.43. The number of nitrogens with zero attached hydrogens (tertiary/aromatic N) is 2. The van der Waals surface area contributed by atoms with E-state index in [2.05, 4.69) is 23.3 Å². The Balaban J connectivity index is 1.96. The van der Waals surface area contributed by atoms with Gasteiger partial charge >= 0.3 is 0 Å². The molecule has 1 heterocycles. The summed E-state index contributed by atoms with van der Waals surface area (Å²) in [4.78, 5) is 4.01. The van der Waals surface area contributed by atoms with Crippen molar-refractivity contribution in [1.82, 2.24) is 14.9 Å². The average Bonchev–Trinajstić information content (AvgIpc) is 3.00. The fourth-order valence-corrected chi connectivity index (χ4v) is 2.00. The molecule has 0 aliphatic heterocycles. The summed E-state index contributed by atoms with van der Waals surface area (Å²) in [5.41, 5.74) is 1.20. The molecule has 0 saturated heterocycles. The lowest BCUT2D eigenvalue weighted by atomic mass is 10.2. The molecule has 2 rings (SSSR count). The van der Waals surface area contributed by atoms with E-state index in [4.69, 9.17) is 9.47 Å². The molecule has 0 spiro atoms. The fourth-order valence-electron chi connectivity index (χ4n) is 2.00. The van der Waals surface area contributed by atoms with Gasteiger partial charge in [0.15, 0.2) is 11.5 Å². The molecule has 114 valence electrons. The van der Waals surface area contributed by atoms with Crippen molar-refractivity contribution in [3.05, 3.63) is 42.5 Å². The largest absolute Gasteiger partial charge is 0.490 e. The van der Waals surface area contributed by atoms with Crippen molar-refractivity contribution in [3.8, 4) is 11.5 Å². The van der Waals surface area contributed by atoms with E-state index < -0.39 is 0 Å². The Labute approximate surface area is 125 Å². The number of imidazole rings is 1. The van der Waals surface area contributed by atoms with Crippen LogP contribution in [0.3, 0.4) is 0 Å². The Morgan fingerprint density at radius 1 is 1.19 bits per heavy atom. The maximum atomic E-state index is 5.83. The van der Waals surface area contributed by atoms with E-state index >= 15 is 0 Å². The quantitative estimate of drug-likeness (QED) is 0.770. The number of hydrogen-bond acceptors (Lipinski definition) is 4. The van der Waals surface area contributed by atoms with Gasteiger partial charge in [-0.15, -0.1) is 0 Å². The number of rotatable bonds is 9. The van der Waals surface area contributed by atoms with Crippen molar-refractivity contribution < 1.29 is 9.47 Å². The third-order valence-corrected chi connectivity index (χ3v) is 3.05. The maximum absolute atomic E-state index is 5.83. The minimum absolute atomic E-state index is 0.586. The molecule has 1 aromatic heterocycles. The highest BCUT2D eigenvalue weighted by Crippen LogP contribution is 2.28. The molecule has 0 amide bonds. The second-order valence-corrected chi connectivity index (χ2v) is 4.64. The Hall–Kier alpha value is -2.01. The SMILES string of the molecule is CCNCc1ccc(OCCn2ccnc2)c(OCC)c1. The molecule has 1 N–H and O–H groups in total. The number of hydrogen-bond donors (Lipinski definition) is 1. The Morgan fingerprint density at radius 3 is 2.81 bits per heavy atom. The minimum Gasteiger partial charge on any atom is -0.490 e. The van der Waals surface area contributed by atoms with Gasteiger partial charge < -0.3 is 19.4 Å². The summed E-state index contributed by atoms with van der Waals surface area (Å²) in [5, 5.41) is 3.31. The molecule has 0 unspecified atom stereocenters. The topological polar surface area (TPSA) is 48.3 Å². The third kappa shape index (κ3) is 4.79. The van der Waals surface area contributed by atoms with E-state index in [0.717, 1.165) is 31.1 Å². The summed E-state index contributed by atoms with van der Waals surface area (Å²) in [5.74, 6) is 1.59. The predicted octanol–water partition coefficient (Wildman–Crippen LogP) is 2.47. The summed E-state index contributed by atoms with van der Waals surface area (Å²) in [7, 11) is 0. The van der Waals surface area contributed by atoms with Crippen LogP contribution in [-0.2, 0) is 13.1 Å². The van der Waals surface area contributed by atoms with E-state index in [0.29, 0.717) is 13.2 Å². The van der Waals surface area contributed by atoms with Crippen LogP contribution in [0.1, 0.15) is 19.4 Å². The van der Waals surface area contributed by atoms with E-state index in [1.807, 2.05) is 29.8 Å². The average molecular weight is 289 g/mol. The van der Waals surface area contributed by atoms with Gasteiger partial charge in [-0.1, -0.05) is 13.0 Å². The van der Waals surface area contributed by atoms with Crippen LogP contribution in [0.5, 0.6) is 11.5 Å². The van der Waals surface area contributed by atoms with Crippen LogP contribution < -0.4 is 14.8 Å². The molecule has 2 aromatic rings. The van der Waals surface area contributed by atoms with Gasteiger partial charge in [0.2, 0.25) is 0 Å². The minimum atomic E-state index is 0.586. The third-order valence-electron chi connectivity index (χ3n) is 3.05. The number of nitrogens with one attached hydrogen (secondary N) is 1. The van der Waals surface area contributed by atoms with Crippen LogP contribution in [0.4, 0.5) is 0 Å². The molecule has 0 bridgehead atoms. The van der Waals surface area contributed by atoms with Crippen LogP contribution in [0.15, 0.2) is 36.9 Å². The van der Waals surface area contributed by atoms with Gasteiger partial charge in [-0.2, -0.15) is 0 Å². The molecule has 5 heteroatoms. The summed E-state index contributed by atoms with van der Waals surface area (Å²) < 4.78 is 13.5. The standard InChI is InChI=1S/C16H23N3O2/c1-3-17-12-14-5-6-15(16(11-14)20-4-2)21-10-9-19-8-7-18-13-19/h5-8,11,13,17H,3-4,9-10,12H2,1-2H3. The molecular weight excluding hydrogens is 266 g/mol. The molecule has 0 aliphatic carbocycles. The Bertz CT molecular complexity index is 526. The van der Waals surface area contributed by atoms with E-state index in [9.17, 15) is 0 Å². The van der Waals surface area contributed by atoms with Crippen molar-refractivity contribution in [2.24, 2.45) is 0 Å². The van der Waals surface area contributed by atoms with Crippen molar-refractivity contribution >= 4 is 0 Å². The van der Waals surface area contributed by atoms with Crippen LogP contribution in [0.2, 0.25) is 0 Å².